The summed E-state index contributed by atoms with van der Waals surface area (Å²) < 4.78 is 0. The molecule has 1 aromatic rings. The van der Waals surface area contributed by atoms with Crippen molar-refractivity contribution in [3.05, 3.63) is 29.3 Å². The van der Waals surface area contributed by atoms with Gasteiger partial charge < -0.3 is 5.11 Å². The first-order chi connectivity index (χ1) is 7.29. The molecule has 0 atom stereocenters. The summed E-state index contributed by atoms with van der Waals surface area (Å²) >= 11 is 0. The number of hydrogen-bond donors (Lipinski definition) is 1. The lowest BCUT2D eigenvalue weighted by Gasteiger charge is -2.10. The molecule has 0 aliphatic carbocycles. The maximum absolute atomic E-state index is 9.80. The second-order valence-corrected chi connectivity index (χ2v) is 4.03. The fourth-order valence-electron chi connectivity index (χ4n) is 1.77. The van der Waals surface area contributed by atoms with Gasteiger partial charge in [0.1, 0.15) is 5.75 Å². The van der Waals surface area contributed by atoms with E-state index in [2.05, 4.69) is 19.9 Å². The molecule has 1 aromatic carbocycles. The van der Waals surface area contributed by atoms with E-state index in [-0.39, 0.29) is 0 Å². The quantitative estimate of drug-likeness (QED) is 0.747. The third-order valence-corrected chi connectivity index (χ3v) is 2.73. The Labute approximate surface area is 93.1 Å². The number of unbranched alkanes of at least 4 members (excludes halogenated alkanes) is 2. The normalized spacial score (nSPS) is 10.5. The van der Waals surface area contributed by atoms with Gasteiger partial charge in [-0.1, -0.05) is 32.8 Å². The molecule has 83 valence electrons. The molecule has 1 N–H and O–H groups in total. The van der Waals surface area contributed by atoms with Gasteiger partial charge in [-0.2, -0.15) is 0 Å². The van der Waals surface area contributed by atoms with Gasteiger partial charge in [0, 0.05) is 0 Å². The Balaban J connectivity index is 2.77. The summed E-state index contributed by atoms with van der Waals surface area (Å²) in [5.41, 5.74) is 2.33. The monoisotopic (exact) mass is 205 g/mol. The zero-order valence-corrected chi connectivity index (χ0v) is 9.84. The van der Waals surface area contributed by atoms with Gasteiger partial charge in [-0.15, -0.1) is 0 Å². The maximum Gasteiger partial charge on any atom is 0.119 e. The van der Waals surface area contributed by atoms with E-state index in [0.29, 0.717) is 5.75 Å². The van der Waals surface area contributed by atoms with Crippen LogP contribution in [0, 0.1) is 6.07 Å². The molecule has 1 rings (SSSR count). The largest absolute Gasteiger partial charge is 0.508 e. The second kappa shape index (κ2) is 6.49. The van der Waals surface area contributed by atoms with E-state index in [1.54, 1.807) is 6.07 Å². The molecular weight excluding hydrogens is 184 g/mol. The number of phenols is 1. The third-order valence-electron chi connectivity index (χ3n) is 2.73. The van der Waals surface area contributed by atoms with E-state index in [4.69, 9.17) is 0 Å². The Morgan fingerprint density at radius 1 is 1.13 bits per heavy atom. The summed E-state index contributed by atoms with van der Waals surface area (Å²) in [6.07, 6.45) is 6.71. The zero-order chi connectivity index (χ0) is 11.1. The van der Waals surface area contributed by atoms with Crippen molar-refractivity contribution in [2.24, 2.45) is 0 Å². The number of hydrogen-bond acceptors (Lipinski definition) is 1. The SMILES string of the molecule is CCCCc1[c]ccc(O)c1CCCC. The second-order valence-electron chi connectivity index (χ2n) is 4.03. The summed E-state index contributed by atoms with van der Waals surface area (Å²) in [6.45, 7) is 4.37. The molecule has 0 saturated heterocycles. The number of aromatic hydroxyl groups is 1. The lowest BCUT2D eigenvalue weighted by atomic mass is 9.97. The van der Waals surface area contributed by atoms with Crippen LogP contribution in [-0.4, -0.2) is 5.11 Å². The zero-order valence-electron chi connectivity index (χ0n) is 9.84. The first kappa shape index (κ1) is 12.1. The van der Waals surface area contributed by atoms with Crippen molar-refractivity contribution in [1.82, 2.24) is 0 Å². The fraction of sp³-hybridized carbons (Fsp3) is 0.571. The first-order valence-corrected chi connectivity index (χ1v) is 6.01. The summed E-state index contributed by atoms with van der Waals surface area (Å²) in [7, 11) is 0. The number of phenolic OH excluding ortho intramolecular Hbond substituents is 1. The van der Waals surface area contributed by atoms with Gasteiger partial charge in [0.2, 0.25) is 0 Å². The van der Waals surface area contributed by atoms with Gasteiger partial charge in [-0.05, 0) is 48.9 Å². The molecular formula is C14H21O. The molecule has 1 radical (unpaired) electrons. The van der Waals surface area contributed by atoms with Crippen LogP contribution in [0.2, 0.25) is 0 Å². The Hall–Kier alpha value is -0.980. The van der Waals surface area contributed by atoms with Crippen LogP contribution in [0.1, 0.15) is 50.7 Å². The van der Waals surface area contributed by atoms with Gasteiger partial charge in [0.05, 0.1) is 0 Å². The van der Waals surface area contributed by atoms with Crippen molar-refractivity contribution < 1.29 is 5.11 Å². The minimum Gasteiger partial charge on any atom is -0.508 e. The summed E-state index contributed by atoms with van der Waals surface area (Å²) in [4.78, 5) is 0. The van der Waals surface area contributed by atoms with Crippen LogP contribution in [-0.2, 0) is 12.8 Å². The molecule has 0 heterocycles. The maximum atomic E-state index is 9.80. The van der Waals surface area contributed by atoms with E-state index >= 15 is 0 Å². The summed E-state index contributed by atoms with van der Waals surface area (Å²) in [5, 5.41) is 9.80. The Morgan fingerprint density at radius 3 is 2.47 bits per heavy atom. The Bertz CT molecular complexity index is 291. The molecule has 0 spiro atoms. The molecule has 0 aromatic heterocycles. The van der Waals surface area contributed by atoms with Gasteiger partial charge in [-0.3, -0.25) is 0 Å². The average molecular weight is 205 g/mol. The minimum atomic E-state index is 0.452. The standard InChI is InChI=1S/C14H21O/c1-3-5-8-12-9-7-11-14(15)13(12)10-6-4-2/h7,11,15H,3-6,8,10H2,1-2H3. The van der Waals surface area contributed by atoms with E-state index in [1.807, 2.05) is 6.07 Å². The predicted octanol–water partition coefficient (Wildman–Crippen LogP) is 3.88. The summed E-state index contributed by atoms with van der Waals surface area (Å²) in [6, 6.07) is 6.84. The van der Waals surface area contributed by atoms with E-state index in [9.17, 15) is 5.11 Å². The lowest BCUT2D eigenvalue weighted by Crippen LogP contribution is -1.95. The topological polar surface area (TPSA) is 20.2 Å². The summed E-state index contributed by atoms with van der Waals surface area (Å²) in [5.74, 6) is 0.452. The van der Waals surface area contributed by atoms with Gasteiger partial charge >= 0.3 is 0 Å². The van der Waals surface area contributed by atoms with Crippen molar-refractivity contribution in [3.63, 3.8) is 0 Å². The van der Waals surface area contributed by atoms with Gasteiger partial charge in [-0.25, -0.2) is 0 Å². The molecule has 0 fully saturated rings. The number of aryl methyl sites for hydroxylation is 1. The van der Waals surface area contributed by atoms with Crippen molar-refractivity contribution in [2.75, 3.05) is 0 Å². The highest BCUT2D eigenvalue weighted by molar-refractivity contribution is 5.38. The fourth-order valence-corrected chi connectivity index (χ4v) is 1.77. The van der Waals surface area contributed by atoms with E-state index < -0.39 is 0 Å². The van der Waals surface area contributed by atoms with Crippen molar-refractivity contribution in [3.8, 4) is 5.75 Å². The molecule has 15 heavy (non-hydrogen) atoms. The molecule has 0 aliphatic heterocycles. The van der Waals surface area contributed by atoms with Crippen LogP contribution in [0.25, 0.3) is 0 Å². The molecule has 0 aliphatic rings. The third kappa shape index (κ3) is 3.58. The number of rotatable bonds is 6. The van der Waals surface area contributed by atoms with Crippen molar-refractivity contribution in [1.29, 1.82) is 0 Å². The molecule has 0 bridgehead atoms. The van der Waals surface area contributed by atoms with E-state index in [1.165, 1.54) is 24.8 Å². The highest BCUT2D eigenvalue weighted by atomic mass is 16.3. The average Bonchev–Trinajstić information content (AvgIpc) is 2.25. The molecule has 1 nitrogen and oxygen atoms in total. The Kier molecular flexibility index (Phi) is 5.23. The predicted molar refractivity (Wildman–Crippen MR) is 64.2 cm³/mol. The molecule has 0 saturated carbocycles. The molecule has 0 amide bonds. The lowest BCUT2D eigenvalue weighted by molar-refractivity contribution is 0.465. The van der Waals surface area contributed by atoms with Crippen molar-refractivity contribution in [2.45, 2.75) is 52.4 Å². The molecule has 1 heteroatoms. The minimum absolute atomic E-state index is 0.452. The first-order valence-electron chi connectivity index (χ1n) is 6.01. The van der Waals surface area contributed by atoms with Crippen molar-refractivity contribution >= 4 is 0 Å². The molecule has 0 unspecified atom stereocenters. The van der Waals surface area contributed by atoms with Crippen LogP contribution in [0.15, 0.2) is 12.1 Å². The van der Waals surface area contributed by atoms with Crippen LogP contribution < -0.4 is 0 Å². The van der Waals surface area contributed by atoms with Gasteiger partial charge in [0.25, 0.3) is 0 Å². The van der Waals surface area contributed by atoms with Crippen LogP contribution >= 0.6 is 0 Å². The van der Waals surface area contributed by atoms with Gasteiger partial charge in [0.15, 0.2) is 0 Å². The number of benzene rings is 1. The van der Waals surface area contributed by atoms with E-state index in [0.717, 1.165) is 24.8 Å². The smallest absolute Gasteiger partial charge is 0.119 e. The Morgan fingerprint density at radius 2 is 1.80 bits per heavy atom. The van der Waals surface area contributed by atoms with Crippen LogP contribution in [0.5, 0.6) is 5.75 Å². The highest BCUT2D eigenvalue weighted by Gasteiger charge is 2.06. The van der Waals surface area contributed by atoms with Crippen LogP contribution in [0.3, 0.4) is 0 Å². The van der Waals surface area contributed by atoms with Crippen LogP contribution in [0.4, 0.5) is 0 Å². The highest BCUT2D eigenvalue weighted by Crippen LogP contribution is 2.24.